The molecular weight excluding hydrogens is 250 g/mol. The van der Waals surface area contributed by atoms with Crippen molar-refractivity contribution in [2.75, 3.05) is 13.7 Å². The minimum Gasteiger partial charge on any atom is -0.497 e. The molecule has 102 valence electrons. The molecule has 0 aliphatic carbocycles. The third kappa shape index (κ3) is 5.22. The minimum absolute atomic E-state index is 0.337. The summed E-state index contributed by atoms with van der Waals surface area (Å²) in [5.41, 5.74) is 0.772. The Bertz CT molecular complexity index is 484. The maximum atomic E-state index is 11.4. The van der Waals surface area contributed by atoms with Crippen LogP contribution >= 0.6 is 0 Å². The van der Waals surface area contributed by atoms with Gasteiger partial charge in [-0.15, -0.1) is 0 Å². The van der Waals surface area contributed by atoms with Gasteiger partial charge in [-0.25, -0.2) is 4.79 Å². The molecule has 0 saturated heterocycles. The normalized spacial score (nSPS) is 12.1. The van der Waals surface area contributed by atoms with E-state index in [0.29, 0.717) is 5.75 Å². The predicted molar refractivity (Wildman–Crippen MR) is 68.7 cm³/mol. The predicted octanol–water partition coefficient (Wildman–Crippen LogP) is 0.270. The Morgan fingerprint density at radius 1 is 1.47 bits per heavy atom. The number of hydrogen-bond acceptors (Lipinski definition) is 4. The van der Waals surface area contributed by atoms with E-state index in [9.17, 15) is 9.59 Å². The van der Waals surface area contributed by atoms with Crippen LogP contribution < -0.4 is 10.1 Å². The zero-order chi connectivity index (χ0) is 14.3. The number of aliphatic carboxylic acids is 1. The van der Waals surface area contributed by atoms with Crippen LogP contribution in [0.15, 0.2) is 30.3 Å². The van der Waals surface area contributed by atoms with Gasteiger partial charge in [-0.3, -0.25) is 4.79 Å². The van der Waals surface area contributed by atoms with E-state index in [1.54, 1.807) is 37.5 Å². The molecule has 3 N–H and O–H groups in total. The second kappa shape index (κ2) is 7.17. The van der Waals surface area contributed by atoms with Crippen molar-refractivity contribution in [2.45, 2.75) is 6.10 Å². The molecule has 1 amide bonds. The molecule has 0 spiro atoms. The number of amides is 1. The second-order valence-corrected chi connectivity index (χ2v) is 3.71. The van der Waals surface area contributed by atoms with Gasteiger partial charge in [0.05, 0.1) is 13.7 Å². The molecule has 19 heavy (non-hydrogen) atoms. The van der Waals surface area contributed by atoms with E-state index in [1.165, 1.54) is 6.08 Å². The first kappa shape index (κ1) is 14.7. The highest BCUT2D eigenvalue weighted by Crippen LogP contribution is 2.13. The lowest BCUT2D eigenvalue weighted by molar-refractivity contribution is -0.146. The van der Waals surface area contributed by atoms with Gasteiger partial charge in [0.15, 0.2) is 6.10 Å². The second-order valence-electron chi connectivity index (χ2n) is 3.71. The Kier molecular flexibility index (Phi) is 5.56. The molecule has 0 aliphatic rings. The molecule has 0 unspecified atom stereocenters. The molecule has 6 heteroatoms. The number of carbonyl (C=O) groups excluding carboxylic acids is 1. The summed E-state index contributed by atoms with van der Waals surface area (Å²) in [6.07, 6.45) is 1.21. The number of carboxylic acid groups (broad SMARTS) is 1. The number of benzene rings is 1. The standard InChI is InChI=1S/C13H15NO5/c1-19-10-4-2-3-9(7-10)5-6-12(16)14-8-11(15)13(17)18/h2-7,11,15H,8H2,1H3,(H,14,16)(H,17,18)/b6-5+/t11-/m0/s1. The van der Waals surface area contributed by atoms with Crippen LogP contribution in [0.5, 0.6) is 5.75 Å². The van der Waals surface area contributed by atoms with Gasteiger partial charge >= 0.3 is 5.97 Å². The van der Waals surface area contributed by atoms with Crippen LogP contribution in [-0.2, 0) is 9.59 Å². The molecule has 1 aromatic rings. The van der Waals surface area contributed by atoms with Crippen molar-refractivity contribution in [3.63, 3.8) is 0 Å². The fraction of sp³-hybridized carbons (Fsp3) is 0.231. The highest BCUT2D eigenvalue weighted by Gasteiger charge is 2.12. The zero-order valence-corrected chi connectivity index (χ0v) is 10.4. The van der Waals surface area contributed by atoms with Crippen molar-refractivity contribution < 1.29 is 24.5 Å². The van der Waals surface area contributed by atoms with E-state index < -0.39 is 18.0 Å². The van der Waals surface area contributed by atoms with Gasteiger partial charge in [-0.1, -0.05) is 12.1 Å². The highest BCUT2D eigenvalue weighted by atomic mass is 16.5. The Labute approximate surface area is 110 Å². The number of nitrogens with one attached hydrogen (secondary N) is 1. The molecule has 1 atom stereocenters. The zero-order valence-electron chi connectivity index (χ0n) is 10.4. The number of methoxy groups -OCH3 is 1. The van der Waals surface area contributed by atoms with Crippen molar-refractivity contribution in [1.82, 2.24) is 5.32 Å². The maximum absolute atomic E-state index is 11.4. The molecule has 0 bridgehead atoms. The molecule has 0 aliphatic heterocycles. The fourth-order valence-corrected chi connectivity index (χ4v) is 1.26. The van der Waals surface area contributed by atoms with Gasteiger partial charge in [0, 0.05) is 6.08 Å². The number of rotatable bonds is 6. The summed E-state index contributed by atoms with van der Waals surface area (Å²) < 4.78 is 5.03. The average Bonchev–Trinajstić information content (AvgIpc) is 2.42. The lowest BCUT2D eigenvalue weighted by Gasteiger charge is -2.05. The smallest absolute Gasteiger partial charge is 0.334 e. The molecular formula is C13H15NO5. The molecule has 1 aromatic carbocycles. The number of aliphatic hydroxyl groups excluding tert-OH is 1. The van der Waals surface area contributed by atoms with Crippen LogP contribution in [0, 0.1) is 0 Å². The first-order valence-corrected chi connectivity index (χ1v) is 5.53. The van der Waals surface area contributed by atoms with Gasteiger partial charge in [-0.2, -0.15) is 0 Å². The Hall–Kier alpha value is -2.34. The van der Waals surface area contributed by atoms with Gasteiger partial charge in [0.25, 0.3) is 0 Å². The number of carbonyl (C=O) groups is 2. The van der Waals surface area contributed by atoms with E-state index in [1.807, 2.05) is 0 Å². The lowest BCUT2D eigenvalue weighted by atomic mass is 10.2. The van der Waals surface area contributed by atoms with Crippen molar-refractivity contribution in [1.29, 1.82) is 0 Å². The summed E-state index contributed by atoms with van der Waals surface area (Å²) in [5.74, 6) is -1.19. The third-order valence-corrected chi connectivity index (χ3v) is 2.28. The maximum Gasteiger partial charge on any atom is 0.334 e. The van der Waals surface area contributed by atoms with E-state index in [-0.39, 0.29) is 6.54 Å². The first-order chi connectivity index (χ1) is 9.02. The number of ether oxygens (including phenoxy) is 1. The van der Waals surface area contributed by atoms with E-state index >= 15 is 0 Å². The average molecular weight is 265 g/mol. The number of carboxylic acids is 1. The number of aliphatic hydroxyl groups is 1. The molecule has 0 aromatic heterocycles. The van der Waals surface area contributed by atoms with E-state index in [0.717, 1.165) is 5.56 Å². The Morgan fingerprint density at radius 3 is 2.84 bits per heavy atom. The summed E-state index contributed by atoms with van der Waals surface area (Å²) in [6.45, 7) is -0.337. The molecule has 6 nitrogen and oxygen atoms in total. The quantitative estimate of drug-likeness (QED) is 0.642. The summed E-state index contributed by atoms with van der Waals surface area (Å²) in [7, 11) is 1.54. The van der Waals surface area contributed by atoms with Crippen LogP contribution in [0.25, 0.3) is 6.08 Å². The van der Waals surface area contributed by atoms with E-state index in [4.69, 9.17) is 14.9 Å². The van der Waals surface area contributed by atoms with Crippen molar-refractivity contribution in [3.05, 3.63) is 35.9 Å². The topological polar surface area (TPSA) is 95.9 Å². The lowest BCUT2D eigenvalue weighted by Crippen LogP contribution is -2.35. The highest BCUT2D eigenvalue weighted by molar-refractivity contribution is 5.92. The molecule has 0 radical (unpaired) electrons. The Morgan fingerprint density at radius 2 is 2.21 bits per heavy atom. The van der Waals surface area contributed by atoms with Crippen LogP contribution in [0.4, 0.5) is 0 Å². The van der Waals surface area contributed by atoms with Gasteiger partial charge in [0.1, 0.15) is 5.75 Å². The van der Waals surface area contributed by atoms with Crippen molar-refractivity contribution in [2.24, 2.45) is 0 Å². The third-order valence-electron chi connectivity index (χ3n) is 2.28. The van der Waals surface area contributed by atoms with Crippen LogP contribution in [0.3, 0.4) is 0 Å². The van der Waals surface area contributed by atoms with Gasteiger partial charge < -0.3 is 20.3 Å². The Balaban J connectivity index is 2.51. The molecule has 0 saturated carbocycles. The molecule has 0 heterocycles. The van der Waals surface area contributed by atoms with Crippen molar-refractivity contribution >= 4 is 18.0 Å². The van der Waals surface area contributed by atoms with Gasteiger partial charge in [-0.05, 0) is 23.8 Å². The summed E-state index contributed by atoms with van der Waals surface area (Å²) in [4.78, 5) is 21.7. The summed E-state index contributed by atoms with van der Waals surface area (Å²) in [5, 5.41) is 19.7. The molecule has 1 rings (SSSR count). The largest absolute Gasteiger partial charge is 0.497 e. The van der Waals surface area contributed by atoms with Crippen LogP contribution in [0.2, 0.25) is 0 Å². The molecule has 0 fully saturated rings. The van der Waals surface area contributed by atoms with Gasteiger partial charge in [0.2, 0.25) is 5.91 Å². The monoisotopic (exact) mass is 265 g/mol. The van der Waals surface area contributed by atoms with Crippen LogP contribution in [-0.4, -0.2) is 41.8 Å². The summed E-state index contributed by atoms with van der Waals surface area (Å²) >= 11 is 0. The fourth-order valence-electron chi connectivity index (χ4n) is 1.26. The SMILES string of the molecule is COc1cccc(/C=C/C(=O)NC[C@H](O)C(=O)O)c1. The van der Waals surface area contributed by atoms with Crippen molar-refractivity contribution in [3.8, 4) is 5.75 Å². The number of hydrogen-bond donors (Lipinski definition) is 3. The van der Waals surface area contributed by atoms with E-state index in [2.05, 4.69) is 5.32 Å². The summed E-state index contributed by atoms with van der Waals surface area (Å²) in [6, 6.07) is 7.10. The minimum atomic E-state index is -1.60. The van der Waals surface area contributed by atoms with Crippen LogP contribution in [0.1, 0.15) is 5.56 Å². The first-order valence-electron chi connectivity index (χ1n) is 5.53.